The Bertz CT molecular complexity index is 554. The number of hydrogen-bond acceptors (Lipinski definition) is 4. The van der Waals surface area contributed by atoms with Crippen LogP contribution in [-0.4, -0.2) is 70.5 Å². The fourth-order valence-electron chi connectivity index (χ4n) is 2.61. The highest BCUT2D eigenvalue weighted by molar-refractivity contribution is 14.0. The van der Waals surface area contributed by atoms with E-state index in [1.165, 1.54) is 0 Å². The summed E-state index contributed by atoms with van der Waals surface area (Å²) in [6, 6.07) is 5.68. The van der Waals surface area contributed by atoms with Crippen molar-refractivity contribution in [2.24, 2.45) is 4.99 Å². The van der Waals surface area contributed by atoms with Crippen LogP contribution in [0.3, 0.4) is 0 Å². The second-order valence-corrected chi connectivity index (χ2v) is 6.43. The largest absolute Gasteiger partial charge is 0.493 e. The summed E-state index contributed by atoms with van der Waals surface area (Å²) in [5.74, 6) is 1.72. The first-order valence-corrected chi connectivity index (χ1v) is 9.20. The Morgan fingerprint density at radius 3 is 2.69 bits per heavy atom. The lowest BCUT2D eigenvalue weighted by atomic mass is 10.2. The molecule has 2 rings (SSSR count). The highest BCUT2D eigenvalue weighted by atomic mass is 127. The number of aliphatic imine (C=N–C) groups is 1. The molecule has 0 saturated carbocycles. The third-order valence-corrected chi connectivity index (χ3v) is 4.29. The molecule has 0 unspecified atom stereocenters. The monoisotopic (exact) mass is 496 g/mol. The van der Waals surface area contributed by atoms with Gasteiger partial charge < -0.3 is 20.1 Å². The van der Waals surface area contributed by atoms with Gasteiger partial charge in [-0.2, -0.15) is 0 Å². The summed E-state index contributed by atoms with van der Waals surface area (Å²) in [4.78, 5) is 6.64. The molecule has 0 aromatic heterocycles. The molecule has 1 aliphatic heterocycles. The van der Waals surface area contributed by atoms with Crippen molar-refractivity contribution in [1.29, 1.82) is 0 Å². The smallest absolute Gasteiger partial charge is 0.191 e. The van der Waals surface area contributed by atoms with Crippen LogP contribution in [0.2, 0.25) is 5.02 Å². The molecule has 1 saturated heterocycles. The highest BCUT2D eigenvalue weighted by Crippen LogP contribution is 2.21. The molecule has 26 heavy (non-hydrogen) atoms. The van der Waals surface area contributed by atoms with Gasteiger partial charge in [0, 0.05) is 44.8 Å². The molecule has 1 aliphatic rings. The second-order valence-electron chi connectivity index (χ2n) is 5.99. The third-order valence-electron chi connectivity index (χ3n) is 4.06. The van der Waals surface area contributed by atoms with Crippen LogP contribution in [0.5, 0.6) is 5.75 Å². The lowest BCUT2D eigenvalue weighted by molar-refractivity contribution is 0.0389. The van der Waals surface area contributed by atoms with Gasteiger partial charge in [0.2, 0.25) is 0 Å². The molecule has 1 aromatic carbocycles. The van der Waals surface area contributed by atoms with Crippen molar-refractivity contribution in [3.63, 3.8) is 0 Å². The zero-order valence-electron chi connectivity index (χ0n) is 15.6. The molecular weight excluding hydrogens is 467 g/mol. The van der Waals surface area contributed by atoms with Crippen molar-refractivity contribution in [1.82, 2.24) is 15.5 Å². The average molecular weight is 497 g/mol. The zero-order chi connectivity index (χ0) is 17.9. The molecule has 1 aromatic rings. The fraction of sp³-hybridized carbons (Fsp3) is 0.611. The molecule has 2 N–H and O–H groups in total. The van der Waals surface area contributed by atoms with E-state index in [1.54, 1.807) is 7.05 Å². The number of rotatable bonds is 8. The molecule has 8 heteroatoms. The molecule has 0 atom stereocenters. The van der Waals surface area contributed by atoms with Gasteiger partial charge in [-0.3, -0.25) is 9.89 Å². The van der Waals surface area contributed by atoms with Gasteiger partial charge in [-0.25, -0.2) is 0 Å². The molecule has 6 nitrogen and oxygen atoms in total. The second kappa shape index (κ2) is 13.4. The predicted molar refractivity (Wildman–Crippen MR) is 118 cm³/mol. The van der Waals surface area contributed by atoms with Crippen molar-refractivity contribution < 1.29 is 9.47 Å². The van der Waals surface area contributed by atoms with Gasteiger partial charge >= 0.3 is 0 Å². The summed E-state index contributed by atoms with van der Waals surface area (Å²) in [7, 11) is 1.79. The van der Waals surface area contributed by atoms with Gasteiger partial charge in [-0.1, -0.05) is 11.6 Å². The van der Waals surface area contributed by atoms with Gasteiger partial charge in [0.25, 0.3) is 0 Å². The van der Waals surface area contributed by atoms with E-state index < -0.39 is 0 Å². The van der Waals surface area contributed by atoms with Gasteiger partial charge in [0.15, 0.2) is 5.96 Å². The minimum atomic E-state index is 0. The van der Waals surface area contributed by atoms with Crippen LogP contribution >= 0.6 is 35.6 Å². The van der Waals surface area contributed by atoms with Gasteiger partial charge in [0.05, 0.1) is 19.8 Å². The van der Waals surface area contributed by atoms with Gasteiger partial charge in [-0.05, 0) is 37.1 Å². The lowest BCUT2D eigenvalue weighted by Gasteiger charge is -2.26. The van der Waals surface area contributed by atoms with Crippen LogP contribution in [0, 0.1) is 6.92 Å². The van der Waals surface area contributed by atoms with Gasteiger partial charge in [0.1, 0.15) is 5.75 Å². The number of nitrogens with one attached hydrogen (secondary N) is 2. The van der Waals surface area contributed by atoms with Crippen LogP contribution in [-0.2, 0) is 4.74 Å². The number of guanidine groups is 1. The normalized spacial score (nSPS) is 15.3. The summed E-state index contributed by atoms with van der Waals surface area (Å²) in [6.45, 7) is 9.03. The number of ether oxygens (including phenoxy) is 2. The van der Waals surface area contributed by atoms with E-state index in [9.17, 15) is 0 Å². The van der Waals surface area contributed by atoms with E-state index in [0.717, 1.165) is 74.7 Å². The molecule has 1 fully saturated rings. The van der Waals surface area contributed by atoms with Crippen molar-refractivity contribution in [3.8, 4) is 5.75 Å². The molecule has 1 heterocycles. The van der Waals surface area contributed by atoms with Crippen molar-refractivity contribution in [2.45, 2.75) is 13.3 Å². The van der Waals surface area contributed by atoms with Crippen LogP contribution in [0.1, 0.15) is 12.0 Å². The maximum atomic E-state index is 5.95. The molecule has 0 radical (unpaired) electrons. The SMILES string of the molecule is CN=C(NCCCOc1ccc(Cl)cc1C)NCCN1CCOCC1.I. The quantitative estimate of drug-likeness (QED) is 0.251. The number of hydrogen-bond donors (Lipinski definition) is 2. The summed E-state index contributed by atoms with van der Waals surface area (Å²) >= 11 is 5.95. The van der Waals surface area contributed by atoms with Crippen LogP contribution in [0.4, 0.5) is 0 Å². The summed E-state index contributed by atoms with van der Waals surface area (Å²) in [6.07, 6.45) is 0.895. The zero-order valence-corrected chi connectivity index (χ0v) is 18.7. The lowest BCUT2D eigenvalue weighted by Crippen LogP contribution is -2.44. The minimum Gasteiger partial charge on any atom is -0.493 e. The summed E-state index contributed by atoms with van der Waals surface area (Å²) < 4.78 is 11.1. The van der Waals surface area contributed by atoms with Crippen molar-refractivity contribution in [3.05, 3.63) is 28.8 Å². The molecule has 0 bridgehead atoms. The van der Waals surface area contributed by atoms with Crippen molar-refractivity contribution in [2.75, 3.05) is 59.6 Å². The Hall–Kier alpha value is -0.770. The number of aryl methyl sites for hydroxylation is 1. The van der Waals surface area contributed by atoms with E-state index in [1.807, 2.05) is 25.1 Å². The Balaban J connectivity index is 0.00000338. The number of nitrogens with zero attached hydrogens (tertiary/aromatic N) is 2. The van der Waals surface area contributed by atoms with Crippen LogP contribution in [0.15, 0.2) is 23.2 Å². The number of benzene rings is 1. The summed E-state index contributed by atoms with van der Waals surface area (Å²) in [5.41, 5.74) is 1.06. The Morgan fingerprint density at radius 2 is 2.00 bits per heavy atom. The molecule has 148 valence electrons. The maximum Gasteiger partial charge on any atom is 0.191 e. The average Bonchev–Trinajstić information content (AvgIpc) is 2.62. The van der Waals surface area contributed by atoms with Gasteiger partial charge in [-0.15, -0.1) is 24.0 Å². The maximum absolute atomic E-state index is 5.95. The predicted octanol–water partition coefficient (Wildman–Crippen LogP) is 2.53. The Labute approximate surface area is 178 Å². The van der Waals surface area contributed by atoms with Crippen LogP contribution in [0.25, 0.3) is 0 Å². The van der Waals surface area contributed by atoms with Crippen molar-refractivity contribution >= 4 is 41.5 Å². The first-order chi connectivity index (χ1) is 12.2. The Kier molecular flexibility index (Phi) is 12.0. The first kappa shape index (κ1) is 23.3. The summed E-state index contributed by atoms with van der Waals surface area (Å²) in [5, 5.41) is 7.39. The number of halogens is 2. The van der Waals surface area contributed by atoms with E-state index in [4.69, 9.17) is 21.1 Å². The highest BCUT2D eigenvalue weighted by Gasteiger charge is 2.09. The molecule has 0 amide bonds. The van der Waals surface area contributed by atoms with E-state index in [-0.39, 0.29) is 24.0 Å². The molecular formula is C18H30ClIN4O2. The minimum absolute atomic E-state index is 0. The van der Waals surface area contributed by atoms with Crippen LogP contribution < -0.4 is 15.4 Å². The standard InChI is InChI=1S/C18H29ClN4O2.HI/c1-15-14-16(19)4-5-17(15)25-11-3-6-21-18(20-2)22-7-8-23-9-12-24-13-10-23;/h4-5,14H,3,6-13H2,1-2H3,(H2,20,21,22);1H. The third kappa shape index (κ3) is 8.75. The topological polar surface area (TPSA) is 58.1 Å². The Morgan fingerprint density at radius 1 is 1.27 bits per heavy atom. The fourth-order valence-corrected chi connectivity index (χ4v) is 2.84. The van der Waals surface area contributed by atoms with E-state index in [2.05, 4.69) is 20.5 Å². The number of morpholine rings is 1. The van der Waals surface area contributed by atoms with E-state index >= 15 is 0 Å². The van der Waals surface area contributed by atoms with E-state index in [0.29, 0.717) is 6.61 Å². The molecule has 0 spiro atoms. The first-order valence-electron chi connectivity index (χ1n) is 8.82. The molecule has 0 aliphatic carbocycles.